The van der Waals surface area contributed by atoms with Gasteiger partial charge in [-0.15, -0.1) is 0 Å². The first-order valence-corrected chi connectivity index (χ1v) is 4.90. The van der Waals surface area contributed by atoms with E-state index in [0.717, 1.165) is 5.56 Å². The lowest BCUT2D eigenvalue weighted by atomic mass is 9.96. The summed E-state index contributed by atoms with van der Waals surface area (Å²) in [6.45, 7) is 1.36. The maximum absolute atomic E-state index is 11.3. The van der Waals surface area contributed by atoms with Crippen LogP contribution in [-0.2, 0) is 20.7 Å². The number of hydrogen-bond donors (Lipinski definition) is 1. The van der Waals surface area contributed by atoms with E-state index in [1.54, 1.807) is 12.1 Å². The predicted molar refractivity (Wildman–Crippen MR) is 58.0 cm³/mol. The molecule has 0 radical (unpaired) electrons. The van der Waals surface area contributed by atoms with Gasteiger partial charge >= 0.3 is 5.97 Å². The monoisotopic (exact) mass is 222 g/mol. The van der Waals surface area contributed by atoms with Gasteiger partial charge < -0.3 is 9.84 Å². The number of Topliss-reactive ketones (excluding diaryl/α,β-unsaturated/α-hetero) is 1. The number of carbonyl (C=O) groups is 2. The molecule has 1 unspecified atom stereocenters. The van der Waals surface area contributed by atoms with Crippen molar-refractivity contribution in [3.05, 3.63) is 29.8 Å². The normalized spacial score (nSPS) is 11.9. The molecule has 1 atom stereocenters. The highest BCUT2D eigenvalue weighted by Gasteiger charge is 2.24. The molecule has 0 saturated heterocycles. The number of rotatable bonds is 4. The van der Waals surface area contributed by atoms with Gasteiger partial charge in [0.05, 0.1) is 7.11 Å². The first-order valence-electron chi connectivity index (χ1n) is 4.90. The van der Waals surface area contributed by atoms with Gasteiger partial charge in [0.25, 0.3) is 0 Å². The Morgan fingerprint density at radius 1 is 1.31 bits per heavy atom. The van der Waals surface area contributed by atoms with Crippen molar-refractivity contribution in [2.75, 3.05) is 7.11 Å². The molecule has 0 bridgehead atoms. The summed E-state index contributed by atoms with van der Waals surface area (Å²) >= 11 is 0. The van der Waals surface area contributed by atoms with Gasteiger partial charge in [-0.2, -0.15) is 0 Å². The summed E-state index contributed by atoms with van der Waals surface area (Å²) in [5.41, 5.74) is 0.809. The molecule has 0 spiro atoms. The lowest BCUT2D eigenvalue weighted by Crippen LogP contribution is -2.25. The lowest BCUT2D eigenvalue weighted by Gasteiger charge is -2.11. The van der Waals surface area contributed by atoms with Crippen molar-refractivity contribution in [2.45, 2.75) is 13.3 Å². The molecule has 0 aromatic heterocycles. The quantitative estimate of drug-likeness (QED) is 0.616. The van der Waals surface area contributed by atoms with E-state index < -0.39 is 11.9 Å². The fraction of sp³-hybridized carbons (Fsp3) is 0.333. The molecule has 0 aliphatic rings. The maximum Gasteiger partial charge on any atom is 0.316 e. The highest BCUT2D eigenvalue weighted by atomic mass is 16.5. The highest BCUT2D eigenvalue weighted by molar-refractivity contribution is 5.97. The summed E-state index contributed by atoms with van der Waals surface area (Å²) in [5, 5.41) is 9.10. The van der Waals surface area contributed by atoms with E-state index in [-0.39, 0.29) is 11.5 Å². The summed E-state index contributed by atoms with van der Waals surface area (Å²) in [5.74, 6) is -1.36. The van der Waals surface area contributed by atoms with Crippen molar-refractivity contribution < 1.29 is 19.4 Å². The number of phenols is 1. The molecular formula is C12H14O4. The molecule has 1 rings (SSSR count). The number of ketones is 1. The van der Waals surface area contributed by atoms with Crippen LogP contribution in [0.2, 0.25) is 0 Å². The molecule has 4 heteroatoms. The van der Waals surface area contributed by atoms with Crippen LogP contribution in [0.1, 0.15) is 12.5 Å². The van der Waals surface area contributed by atoms with Crippen molar-refractivity contribution in [2.24, 2.45) is 5.92 Å². The fourth-order valence-electron chi connectivity index (χ4n) is 1.40. The van der Waals surface area contributed by atoms with Gasteiger partial charge in [-0.25, -0.2) is 0 Å². The highest BCUT2D eigenvalue weighted by Crippen LogP contribution is 2.15. The molecule has 0 heterocycles. The van der Waals surface area contributed by atoms with E-state index in [4.69, 9.17) is 5.11 Å². The van der Waals surface area contributed by atoms with Crippen molar-refractivity contribution in [3.63, 3.8) is 0 Å². The van der Waals surface area contributed by atoms with Crippen LogP contribution in [-0.4, -0.2) is 24.0 Å². The van der Waals surface area contributed by atoms with Gasteiger partial charge in [-0.1, -0.05) is 12.1 Å². The van der Waals surface area contributed by atoms with E-state index in [1.807, 2.05) is 0 Å². The zero-order valence-electron chi connectivity index (χ0n) is 9.27. The Hall–Kier alpha value is -1.84. The third-order valence-corrected chi connectivity index (χ3v) is 2.35. The van der Waals surface area contributed by atoms with Crippen LogP contribution in [0.25, 0.3) is 0 Å². The summed E-state index contributed by atoms with van der Waals surface area (Å²) in [6, 6.07) is 6.38. The number of benzene rings is 1. The Labute approximate surface area is 93.9 Å². The van der Waals surface area contributed by atoms with Gasteiger partial charge in [0.2, 0.25) is 0 Å². The Morgan fingerprint density at radius 2 is 1.88 bits per heavy atom. The van der Waals surface area contributed by atoms with E-state index >= 15 is 0 Å². The van der Waals surface area contributed by atoms with Crippen LogP contribution in [0.5, 0.6) is 5.75 Å². The molecule has 0 aliphatic heterocycles. The SMILES string of the molecule is COC(=O)C(Cc1ccc(O)cc1)C(C)=O. The van der Waals surface area contributed by atoms with Crippen LogP contribution in [0, 0.1) is 5.92 Å². The van der Waals surface area contributed by atoms with E-state index in [0.29, 0.717) is 6.42 Å². The number of phenolic OH excluding ortho intramolecular Hbond substituents is 1. The summed E-state index contributed by atoms with van der Waals surface area (Å²) in [4.78, 5) is 22.6. The Bertz CT molecular complexity index is 381. The number of carbonyl (C=O) groups excluding carboxylic acids is 2. The summed E-state index contributed by atoms with van der Waals surface area (Å²) in [6.07, 6.45) is 0.294. The summed E-state index contributed by atoms with van der Waals surface area (Å²) < 4.78 is 4.56. The zero-order valence-corrected chi connectivity index (χ0v) is 9.27. The second kappa shape index (κ2) is 5.30. The number of ether oxygens (including phenoxy) is 1. The maximum atomic E-state index is 11.3. The molecule has 4 nitrogen and oxygen atoms in total. The van der Waals surface area contributed by atoms with Crippen LogP contribution < -0.4 is 0 Å². The predicted octanol–water partition coefficient (Wildman–Crippen LogP) is 1.31. The fourth-order valence-corrected chi connectivity index (χ4v) is 1.40. The van der Waals surface area contributed by atoms with E-state index in [1.165, 1.54) is 26.2 Å². The van der Waals surface area contributed by atoms with Crippen molar-refractivity contribution in [1.29, 1.82) is 0 Å². The molecule has 1 N–H and O–H groups in total. The Balaban J connectivity index is 2.80. The van der Waals surface area contributed by atoms with Gasteiger partial charge in [0.15, 0.2) is 0 Å². The van der Waals surface area contributed by atoms with Gasteiger partial charge in [-0.3, -0.25) is 9.59 Å². The van der Waals surface area contributed by atoms with Crippen LogP contribution in [0.15, 0.2) is 24.3 Å². The Morgan fingerprint density at radius 3 is 2.31 bits per heavy atom. The van der Waals surface area contributed by atoms with Crippen molar-refractivity contribution in [1.82, 2.24) is 0 Å². The van der Waals surface area contributed by atoms with Crippen LogP contribution in [0.4, 0.5) is 0 Å². The van der Waals surface area contributed by atoms with Gasteiger partial charge in [0.1, 0.15) is 17.5 Å². The van der Waals surface area contributed by atoms with Crippen molar-refractivity contribution in [3.8, 4) is 5.75 Å². The van der Waals surface area contributed by atoms with E-state index in [2.05, 4.69) is 4.74 Å². The molecule has 0 amide bonds. The largest absolute Gasteiger partial charge is 0.508 e. The minimum absolute atomic E-state index is 0.154. The molecule has 86 valence electrons. The summed E-state index contributed by atoms with van der Waals surface area (Å²) in [7, 11) is 1.26. The number of methoxy groups -OCH3 is 1. The first-order chi connectivity index (χ1) is 7.54. The minimum Gasteiger partial charge on any atom is -0.508 e. The van der Waals surface area contributed by atoms with Gasteiger partial charge in [-0.05, 0) is 31.0 Å². The van der Waals surface area contributed by atoms with Crippen molar-refractivity contribution >= 4 is 11.8 Å². The molecule has 1 aromatic carbocycles. The number of hydrogen-bond acceptors (Lipinski definition) is 4. The van der Waals surface area contributed by atoms with Gasteiger partial charge in [0, 0.05) is 0 Å². The minimum atomic E-state index is -0.769. The molecule has 0 aliphatic carbocycles. The molecule has 0 saturated carbocycles. The van der Waals surface area contributed by atoms with Crippen LogP contribution in [0.3, 0.4) is 0 Å². The third-order valence-electron chi connectivity index (χ3n) is 2.35. The second-order valence-corrected chi connectivity index (χ2v) is 3.56. The molecule has 0 fully saturated rings. The average molecular weight is 222 g/mol. The smallest absolute Gasteiger partial charge is 0.316 e. The average Bonchev–Trinajstić information content (AvgIpc) is 2.27. The molecular weight excluding hydrogens is 208 g/mol. The first kappa shape index (κ1) is 12.2. The standard InChI is InChI=1S/C12H14O4/c1-8(13)11(12(15)16-2)7-9-3-5-10(14)6-4-9/h3-6,11,14H,7H2,1-2H3. The topological polar surface area (TPSA) is 63.6 Å². The third kappa shape index (κ3) is 3.08. The number of aromatic hydroxyl groups is 1. The van der Waals surface area contributed by atoms with E-state index in [9.17, 15) is 9.59 Å². The molecule has 16 heavy (non-hydrogen) atoms. The molecule has 1 aromatic rings. The van der Waals surface area contributed by atoms with Crippen LogP contribution >= 0.6 is 0 Å². The number of esters is 1. The lowest BCUT2D eigenvalue weighted by molar-refractivity contribution is -0.148. The second-order valence-electron chi connectivity index (χ2n) is 3.56. The Kier molecular flexibility index (Phi) is 4.05. The zero-order chi connectivity index (χ0) is 12.1.